The largest absolute Gasteiger partial charge is 0.322 e. The molecule has 2 heterocycles. The van der Waals surface area contributed by atoms with E-state index in [-0.39, 0.29) is 10.9 Å². The third kappa shape index (κ3) is 2.73. The highest BCUT2D eigenvalue weighted by Gasteiger charge is 2.09. The van der Waals surface area contributed by atoms with Gasteiger partial charge in [-0.2, -0.15) is 0 Å². The molecule has 6 nitrogen and oxygen atoms in total. The predicted octanol–water partition coefficient (Wildman–Crippen LogP) is 1.67. The average Bonchev–Trinajstić information content (AvgIpc) is 2.39. The smallest absolute Gasteiger partial charge is 0.257 e. The Labute approximate surface area is 108 Å². The average molecular weight is 264 g/mol. The second kappa shape index (κ2) is 5.44. The molecule has 0 unspecified atom stereocenters. The van der Waals surface area contributed by atoms with E-state index in [9.17, 15) is 4.79 Å². The van der Waals surface area contributed by atoms with Crippen LogP contribution in [0.3, 0.4) is 0 Å². The van der Waals surface area contributed by atoms with Gasteiger partial charge in [-0.3, -0.25) is 9.78 Å². The van der Waals surface area contributed by atoms with Crippen LogP contribution < -0.4 is 16.6 Å². The van der Waals surface area contributed by atoms with E-state index < -0.39 is 0 Å². The Bertz CT molecular complexity index is 561. The van der Waals surface area contributed by atoms with Crippen molar-refractivity contribution in [1.29, 1.82) is 0 Å². The molecule has 0 aromatic carbocycles. The van der Waals surface area contributed by atoms with E-state index in [1.165, 1.54) is 12.3 Å². The molecular weight excluding hydrogens is 254 g/mol. The number of carbonyl (C=O) groups is 1. The first-order chi connectivity index (χ1) is 8.70. The van der Waals surface area contributed by atoms with Gasteiger partial charge in [-0.15, -0.1) is 0 Å². The zero-order chi connectivity index (χ0) is 13.0. The van der Waals surface area contributed by atoms with Crippen molar-refractivity contribution in [3.63, 3.8) is 0 Å². The molecule has 0 radical (unpaired) electrons. The summed E-state index contributed by atoms with van der Waals surface area (Å²) in [6.45, 7) is 0. The van der Waals surface area contributed by atoms with Crippen molar-refractivity contribution in [2.75, 3.05) is 10.7 Å². The van der Waals surface area contributed by atoms with E-state index in [1.54, 1.807) is 24.5 Å². The normalized spacial score (nSPS) is 9.89. The van der Waals surface area contributed by atoms with Crippen molar-refractivity contribution >= 4 is 29.0 Å². The number of nitrogen functional groups attached to an aromatic ring is 1. The number of nitrogens with two attached hydrogens (primary N) is 1. The number of nitrogens with zero attached hydrogens (tertiary/aromatic N) is 2. The molecule has 92 valence electrons. The summed E-state index contributed by atoms with van der Waals surface area (Å²) in [5.74, 6) is 5.21. The first-order valence-corrected chi connectivity index (χ1v) is 5.42. The number of hydrogen-bond donors (Lipinski definition) is 3. The van der Waals surface area contributed by atoms with Gasteiger partial charge < -0.3 is 10.7 Å². The van der Waals surface area contributed by atoms with Gasteiger partial charge in [0.05, 0.1) is 10.6 Å². The molecule has 0 aliphatic carbocycles. The fourth-order valence-electron chi connectivity index (χ4n) is 1.31. The first kappa shape index (κ1) is 12.3. The van der Waals surface area contributed by atoms with E-state index in [1.807, 2.05) is 0 Å². The number of amides is 1. The van der Waals surface area contributed by atoms with Crippen molar-refractivity contribution in [3.05, 3.63) is 47.4 Å². The van der Waals surface area contributed by atoms with Gasteiger partial charge in [0.1, 0.15) is 0 Å². The van der Waals surface area contributed by atoms with Crippen molar-refractivity contribution in [2.24, 2.45) is 5.84 Å². The summed E-state index contributed by atoms with van der Waals surface area (Å²) < 4.78 is 0. The maximum absolute atomic E-state index is 11.9. The van der Waals surface area contributed by atoms with Crippen LogP contribution in [0, 0.1) is 0 Å². The summed E-state index contributed by atoms with van der Waals surface area (Å²) in [6, 6.07) is 4.85. The van der Waals surface area contributed by atoms with Gasteiger partial charge in [0.25, 0.3) is 5.91 Å². The Balaban J connectivity index is 2.17. The molecule has 18 heavy (non-hydrogen) atoms. The summed E-state index contributed by atoms with van der Waals surface area (Å²) in [5, 5.41) is 2.97. The van der Waals surface area contributed by atoms with Crippen LogP contribution in [0.15, 0.2) is 36.8 Å². The van der Waals surface area contributed by atoms with Crippen LogP contribution in [0.25, 0.3) is 0 Å². The number of hydrazine groups is 1. The molecule has 0 spiro atoms. The summed E-state index contributed by atoms with van der Waals surface area (Å²) in [6.07, 6.45) is 4.56. The second-order valence-electron chi connectivity index (χ2n) is 3.39. The SMILES string of the molecule is NNc1ncc(C(=O)Nc2ccncc2)cc1Cl. The number of carbonyl (C=O) groups excluding carboxylic acids is 1. The van der Waals surface area contributed by atoms with Gasteiger partial charge in [-0.05, 0) is 18.2 Å². The van der Waals surface area contributed by atoms with E-state index >= 15 is 0 Å². The van der Waals surface area contributed by atoms with E-state index in [0.717, 1.165) is 0 Å². The standard InChI is InChI=1S/C11H10ClN5O/c12-9-5-7(6-15-10(9)17-13)11(18)16-8-1-3-14-4-2-8/h1-6H,13H2,(H,15,17)(H,14,16,18). The van der Waals surface area contributed by atoms with E-state index in [4.69, 9.17) is 17.4 Å². The lowest BCUT2D eigenvalue weighted by atomic mass is 10.2. The van der Waals surface area contributed by atoms with Crippen LogP contribution in [0.5, 0.6) is 0 Å². The maximum Gasteiger partial charge on any atom is 0.257 e. The summed E-state index contributed by atoms with van der Waals surface area (Å²) in [4.78, 5) is 19.7. The number of anilines is 2. The fraction of sp³-hybridized carbons (Fsp3) is 0. The molecule has 0 saturated heterocycles. The number of pyridine rings is 2. The number of halogens is 1. The molecule has 0 aliphatic heterocycles. The lowest BCUT2D eigenvalue weighted by Crippen LogP contribution is -2.14. The van der Waals surface area contributed by atoms with Crippen molar-refractivity contribution in [3.8, 4) is 0 Å². The monoisotopic (exact) mass is 263 g/mol. The Morgan fingerprint density at radius 2 is 2.06 bits per heavy atom. The highest BCUT2D eigenvalue weighted by molar-refractivity contribution is 6.33. The van der Waals surface area contributed by atoms with E-state index in [0.29, 0.717) is 17.1 Å². The Morgan fingerprint density at radius 3 is 2.67 bits per heavy atom. The van der Waals surface area contributed by atoms with E-state index in [2.05, 4.69) is 20.7 Å². The van der Waals surface area contributed by atoms with Gasteiger partial charge in [0.2, 0.25) is 0 Å². The van der Waals surface area contributed by atoms with Gasteiger partial charge in [-0.1, -0.05) is 11.6 Å². The van der Waals surface area contributed by atoms with Gasteiger partial charge in [0.15, 0.2) is 5.82 Å². The molecular formula is C11H10ClN5O. The molecule has 0 aliphatic rings. The van der Waals surface area contributed by atoms with Crippen LogP contribution in [0.4, 0.5) is 11.5 Å². The molecule has 1 amide bonds. The first-order valence-electron chi connectivity index (χ1n) is 5.04. The minimum atomic E-state index is -0.306. The van der Waals surface area contributed by atoms with Crippen molar-refractivity contribution < 1.29 is 4.79 Å². The third-order valence-corrected chi connectivity index (χ3v) is 2.47. The van der Waals surface area contributed by atoms with Crippen molar-refractivity contribution in [2.45, 2.75) is 0 Å². The minimum Gasteiger partial charge on any atom is -0.322 e. The summed E-state index contributed by atoms with van der Waals surface area (Å²) in [5.41, 5.74) is 3.32. The molecule has 0 atom stereocenters. The molecule has 0 fully saturated rings. The zero-order valence-electron chi connectivity index (χ0n) is 9.22. The molecule has 2 aromatic rings. The predicted molar refractivity (Wildman–Crippen MR) is 69.2 cm³/mol. The Hall–Kier alpha value is -2.18. The van der Waals surface area contributed by atoms with Crippen molar-refractivity contribution in [1.82, 2.24) is 9.97 Å². The number of nitrogens with one attached hydrogen (secondary N) is 2. The lowest BCUT2D eigenvalue weighted by molar-refractivity contribution is 0.102. The molecule has 0 bridgehead atoms. The fourth-order valence-corrected chi connectivity index (χ4v) is 1.53. The van der Waals surface area contributed by atoms with Crippen LogP contribution in [-0.4, -0.2) is 15.9 Å². The Morgan fingerprint density at radius 1 is 1.33 bits per heavy atom. The van der Waals surface area contributed by atoms with Crippen LogP contribution in [0.1, 0.15) is 10.4 Å². The minimum absolute atomic E-state index is 0.278. The summed E-state index contributed by atoms with van der Waals surface area (Å²) in [7, 11) is 0. The van der Waals surface area contributed by atoms with Crippen LogP contribution in [-0.2, 0) is 0 Å². The second-order valence-corrected chi connectivity index (χ2v) is 3.80. The van der Waals surface area contributed by atoms with Gasteiger partial charge >= 0.3 is 0 Å². The maximum atomic E-state index is 11.9. The van der Waals surface area contributed by atoms with Gasteiger partial charge in [0, 0.05) is 24.3 Å². The third-order valence-electron chi connectivity index (χ3n) is 2.18. The number of aromatic nitrogens is 2. The van der Waals surface area contributed by atoms with Crippen LogP contribution >= 0.6 is 11.6 Å². The quantitative estimate of drug-likeness (QED) is 0.579. The highest BCUT2D eigenvalue weighted by Crippen LogP contribution is 2.19. The lowest BCUT2D eigenvalue weighted by Gasteiger charge is -2.06. The number of rotatable bonds is 3. The van der Waals surface area contributed by atoms with Gasteiger partial charge in [-0.25, -0.2) is 10.8 Å². The molecule has 7 heteroatoms. The number of hydrogen-bond acceptors (Lipinski definition) is 5. The topological polar surface area (TPSA) is 92.9 Å². The Kier molecular flexibility index (Phi) is 3.71. The highest BCUT2D eigenvalue weighted by atomic mass is 35.5. The molecule has 0 saturated carbocycles. The van der Waals surface area contributed by atoms with Crippen LogP contribution in [0.2, 0.25) is 5.02 Å². The summed E-state index contributed by atoms with van der Waals surface area (Å²) >= 11 is 5.88. The zero-order valence-corrected chi connectivity index (χ0v) is 9.98. The molecule has 2 rings (SSSR count). The molecule has 4 N–H and O–H groups in total. The molecule has 2 aromatic heterocycles.